The Morgan fingerprint density at radius 1 is 1.33 bits per heavy atom. The molecular weight excluding hydrogens is 428 g/mol. The van der Waals surface area contributed by atoms with Crippen molar-refractivity contribution in [1.82, 2.24) is 18.4 Å². The zero-order valence-corrected chi connectivity index (χ0v) is 18.8. The van der Waals surface area contributed by atoms with Gasteiger partial charge in [0.05, 0.1) is 24.8 Å². The van der Waals surface area contributed by atoms with Gasteiger partial charge in [-0.2, -0.15) is 13.1 Å². The summed E-state index contributed by atoms with van der Waals surface area (Å²) in [5.74, 6) is -1.19. The third-order valence-electron chi connectivity index (χ3n) is 5.13. The molecule has 0 saturated carbocycles. The van der Waals surface area contributed by atoms with E-state index in [4.69, 9.17) is 4.74 Å². The maximum atomic E-state index is 13.2. The minimum Gasteiger partial charge on any atom is -0.467 e. The number of carbonyl (C=O) groups is 2. The van der Waals surface area contributed by atoms with Gasteiger partial charge >= 0.3 is 5.97 Å². The molecular formula is C19H26N4O5S2. The Labute approximate surface area is 180 Å². The molecule has 164 valence electrons. The highest BCUT2D eigenvalue weighted by molar-refractivity contribution is 7.89. The summed E-state index contributed by atoms with van der Waals surface area (Å²) in [5, 5.41) is 2.75. The van der Waals surface area contributed by atoms with Crippen LogP contribution in [0.15, 0.2) is 23.1 Å². The molecule has 1 aliphatic heterocycles. The number of esters is 1. The van der Waals surface area contributed by atoms with E-state index in [2.05, 4.69) is 14.1 Å². The van der Waals surface area contributed by atoms with Gasteiger partial charge in [0.25, 0.3) is 0 Å². The SMILES string of the molecule is COC(=O)[C@H](CC(C)C)NC(=O)C1CCCN(S(=O)(=O)c2cccc3nsnc23)C1. The highest BCUT2D eigenvalue weighted by Crippen LogP contribution is 2.28. The summed E-state index contributed by atoms with van der Waals surface area (Å²) in [5.41, 5.74) is 0.874. The van der Waals surface area contributed by atoms with Gasteiger partial charge in [0.15, 0.2) is 0 Å². The Kier molecular flexibility index (Phi) is 7.04. The first kappa shape index (κ1) is 22.6. The molecule has 2 heterocycles. The van der Waals surface area contributed by atoms with E-state index in [1.807, 2.05) is 13.8 Å². The molecule has 1 amide bonds. The Morgan fingerprint density at radius 3 is 2.80 bits per heavy atom. The average Bonchev–Trinajstić information content (AvgIpc) is 3.21. The predicted molar refractivity (Wildman–Crippen MR) is 112 cm³/mol. The largest absolute Gasteiger partial charge is 0.467 e. The number of methoxy groups -OCH3 is 1. The molecule has 1 aromatic carbocycles. The first-order chi connectivity index (χ1) is 14.2. The number of fused-ring (bicyclic) bond motifs is 1. The number of nitrogens with one attached hydrogen (secondary N) is 1. The summed E-state index contributed by atoms with van der Waals surface area (Å²) < 4.78 is 40.8. The summed E-state index contributed by atoms with van der Waals surface area (Å²) in [7, 11) is -2.55. The fraction of sp³-hybridized carbons (Fsp3) is 0.579. The molecule has 2 aromatic rings. The summed E-state index contributed by atoms with van der Waals surface area (Å²) >= 11 is 0.961. The van der Waals surface area contributed by atoms with Gasteiger partial charge in [0.1, 0.15) is 22.0 Å². The van der Waals surface area contributed by atoms with Crippen LogP contribution in [0.5, 0.6) is 0 Å². The number of sulfonamides is 1. The number of piperidine rings is 1. The summed E-state index contributed by atoms with van der Waals surface area (Å²) in [4.78, 5) is 24.9. The third-order valence-corrected chi connectivity index (χ3v) is 7.57. The molecule has 3 rings (SSSR count). The van der Waals surface area contributed by atoms with Crippen LogP contribution in [-0.2, 0) is 24.3 Å². The van der Waals surface area contributed by atoms with Crippen molar-refractivity contribution in [3.05, 3.63) is 18.2 Å². The van der Waals surface area contributed by atoms with Gasteiger partial charge in [-0.3, -0.25) is 4.79 Å². The van der Waals surface area contributed by atoms with Crippen molar-refractivity contribution in [2.45, 2.75) is 44.0 Å². The van der Waals surface area contributed by atoms with Gasteiger partial charge in [0, 0.05) is 13.1 Å². The van der Waals surface area contributed by atoms with E-state index < -0.39 is 28.0 Å². The van der Waals surface area contributed by atoms with Crippen LogP contribution < -0.4 is 5.32 Å². The smallest absolute Gasteiger partial charge is 0.328 e. The van der Waals surface area contributed by atoms with Gasteiger partial charge in [0.2, 0.25) is 15.9 Å². The summed E-state index contributed by atoms with van der Waals surface area (Å²) in [6, 6.07) is 4.12. The number of carbonyl (C=O) groups excluding carboxylic acids is 2. The summed E-state index contributed by atoms with van der Waals surface area (Å²) in [6.45, 7) is 4.28. The van der Waals surface area contributed by atoms with Crippen LogP contribution in [0.4, 0.5) is 0 Å². The monoisotopic (exact) mass is 454 g/mol. The maximum Gasteiger partial charge on any atom is 0.328 e. The van der Waals surface area contributed by atoms with Crippen molar-refractivity contribution in [2.24, 2.45) is 11.8 Å². The molecule has 1 aromatic heterocycles. The zero-order valence-electron chi connectivity index (χ0n) is 17.2. The van der Waals surface area contributed by atoms with Crippen LogP contribution in [0.3, 0.4) is 0 Å². The van der Waals surface area contributed by atoms with Crippen LogP contribution in [0.1, 0.15) is 33.1 Å². The minimum atomic E-state index is -3.83. The molecule has 9 nitrogen and oxygen atoms in total. The highest BCUT2D eigenvalue weighted by Gasteiger charge is 2.36. The number of benzene rings is 1. The predicted octanol–water partition coefficient (Wildman–Crippen LogP) is 1.80. The Bertz CT molecular complexity index is 1020. The van der Waals surface area contributed by atoms with E-state index in [-0.39, 0.29) is 23.3 Å². The van der Waals surface area contributed by atoms with Crippen LogP contribution in [0.25, 0.3) is 11.0 Å². The lowest BCUT2D eigenvalue weighted by Gasteiger charge is -2.32. The first-order valence-corrected chi connectivity index (χ1v) is 12.0. The van der Waals surface area contributed by atoms with Crippen LogP contribution >= 0.6 is 11.7 Å². The number of aromatic nitrogens is 2. The minimum absolute atomic E-state index is 0.0533. The first-order valence-electron chi connectivity index (χ1n) is 9.83. The second kappa shape index (κ2) is 9.36. The molecule has 0 bridgehead atoms. The van der Waals surface area contributed by atoms with Crippen molar-refractivity contribution in [2.75, 3.05) is 20.2 Å². The van der Waals surface area contributed by atoms with Crippen LogP contribution in [0, 0.1) is 11.8 Å². The normalized spacial score (nSPS) is 19.0. The second-order valence-electron chi connectivity index (χ2n) is 7.80. The second-order valence-corrected chi connectivity index (χ2v) is 10.2. The maximum absolute atomic E-state index is 13.2. The number of amides is 1. The van der Waals surface area contributed by atoms with Crippen molar-refractivity contribution in [1.29, 1.82) is 0 Å². The highest BCUT2D eigenvalue weighted by atomic mass is 32.2. The number of hydrogen-bond donors (Lipinski definition) is 1. The lowest BCUT2D eigenvalue weighted by atomic mass is 9.97. The molecule has 1 N–H and O–H groups in total. The van der Waals surface area contributed by atoms with Gasteiger partial charge in [-0.15, -0.1) is 0 Å². The van der Waals surface area contributed by atoms with E-state index in [0.29, 0.717) is 36.8 Å². The van der Waals surface area contributed by atoms with Gasteiger partial charge < -0.3 is 10.1 Å². The fourth-order valence-electron chi connectivity index (χ4n) is 3.62. The van der Waals surface area contributed by atoms with Gasteiger partial charge in [-0.25, -0.2) is 13.2 Å². The lowest BCUT2D eigenvalue weighted by Crippen LogP contribution is -2.49. The molecule has 1 fully saturated rings. The lowest BCUT2D eigenvalue weighted by molar-refractivity contribution is -0.146. The standard InChI is InChI=1S/C19H26N4O5S2/c1-12(2)10-15(19(25)28-3)20-18(24)13-6-5-9-23(11-13)30(26,27)16-8-4-7-14-17(16)22-29-21-14/h4,7-8,12-13,15H,5-6,9-11H2,1-3H3,(H,20,24)/t13?,15-/m0/s1. The molecule has 11 heteroatoms. The number of rotatable bonds is 7. The van der Waals surface area contributed by atoms with E-state index in [0.717, 1.165) is 11.7 Å². The molecule has 2 atom stereocenters. The topological polar surface area (TPSA) is 119 Å². The Morgan fingerprint density at radius 2 is 2.10 bits per heavy atom. The van der Waals surface area contributed by atoms with E-state index >= 15 is 0 Å². The number of nitrogens with zero attached hydrogens (tertiary/aromatic N) is 3. The fourth-order valence-corrected chi connectivity index (χ4v) is 5.90. The van der Waals surface area contributed by atoms with Gasteiger partial charge in [-0.1, -0.05) is 19.9 Å². The number of hydrogen-bond acceptors (Lipinski definition) is 8. The zero-order chi connectivity index (χ0) is 21.9. The third kappa shape index (κ3) is 4.79. The quantitative estimate of drug-likeness (QED) is 0.634. The average molecular weight is 455 g/mol. The van der Waals surface area contributed by atoms with Crippen molar-refractivity contribution in [3.8, 4) is 0 Å². The molecule has 1 aliphatic rings. The molecule has 30 heavy (non-hydrogen) atoms. The Balaban J connectivity index is 1.76. The van der Waals surface area contributed by atoms with Crippen molar-refractivity contribution in [3.63, 3.8) is 0 Å². The van der Waals surface area contributed by atoms with Crippen LogP contribution in [0.2, 0.25) is 0 Å². The Hall–Kier alpha value is -2.11. The number of ether oxygens (including phenoxy) is 1. The van der Waals surface area contributed by atoms with Gasteiger partial charge in [-0.05, 0) is 37.3 Å². The molecule has 0 radical (unpaired) electrons. The molecule has 1 saturated heterocycles. The molecule has 0 spiro atoms. The summed E-state index contributed by atoms with van der Waals surface area (Å²) in [6.07, 6.45) is 1.55. The van der Waals surface area contributed by atoms with E-state index in [1.165, 1.54) is 17.5 Å². The molecule has 0 aliphatic carbocycles. The van der Waals surface area contributed by atoms with Crippen molar-refractivity contribution >= 4 is 44.7 Å². The molecule has 1 unspecified atom stereocenters. The van der Waals surface area contributed by atoms with Crippen molar-refractivity contribution < 1.29 is 22.7 Å². The van der Waals surface area contributed by atoms with Crippen LogP contribution in [-0.4, -0.2) is 59.6 Å². The van der Waals surface area contributed by atoms with E-state index in [1.54, 1.807) is 12.1 Å². The van der Waals surface area contributed by atoms with E-state index in [9.17, 15) is 18.0 Å².